The van der Waals surface area contributed by atoms with Gasteiger partial charge in [0.05, 0.1) is 4.92 Å². The number of aromatic nitrogens is 2. The van der Waals surface area contributed by atoms with E-state index in [1.807, 2.05) is 4.90 Å². The third-order valence-electron chi connectivity index (χ3n) is 5.78. The van der Waals surface area contributed by atoms with Crippen LogP contribution in [0.1, 0.15) is 24.6 Å². The summed E-state index contributed by atoms with van der Waals surface area (Å²) in [5.74, 6) is 1.20. The normalized spacial score (nSPS) is 17.5. The Hall–Kier alpha value is -3.27. The van der Waals surface area contributed by atoms with Gasteiger partial charge < -0.3 is 19.2 Å². The minimum Gasteiger partial charge on any atom is -0.368 e. The fourth-order valence-electron chi connectivity index (χ4n) is 3.83. The number of anilines is 1. The number of piperazine rings is 1. The summed E-state index contributed by atoms with van der Waals surface area (Å²) in [5.41, 5.74) is 2.11. The van der Waals surface area contributed by atoms with Crippen molar-refractivity contribution in [2.24, 2.45) is 0 Å². The average molecular weight is 426 g/mol. The SMILES string of the molecule is CN1CC=C(c2noc(CCC(=O)N3CCN(c4ccc([N+](=O)[O-])cc4)CC3)n2)CC1. The molecular formula is C21H26N6O4. The number of likely N-dealkylation sites (N-methyl/N-ethyl adjacent to an activating group) is 1. The molecule has 2 aliphatic heterocycles. The van der Waals surface area contributed by atoms with Gasteiger partial charge in [0.1, 0.15) is 0 Å². The van der Waals surface area contributed by atoms with Crippen LogP contribution >= 0.6 is 0 Å². The second kappa shape index (κ2) is 9.25. The molecule has 10 nitrogen and oxygen atoms in total. The summed E-state index contributed by atoms with van der Waals surface area (Å²) < 4.78 is 5.34. The zero-order valence-electron chi connectivity index (χ0n) is 17.6. The van der Waals surface area contributed by atoms with Crippen molar-refractivity contribution in [1.29, 1.82) is 0 Å². The molecule has 0 unspecified atom stereocenters. The highest BCUT2D eigenvalue weighted by atomic mass is 16.6. The van der Waals surface area contributed by atoms with E-state index in [0.717, 1.165) is 30.8 Å². The van der Waals surface area contributed by atoms with Gasteiger partial charge in [-0.3, -0.25) is 14.9 Å². The molecule has 2 aromatic rings. The van der Waals surface area contributed by atoms with Crippen LogP contribution in [0.25, 0.3) is 5.57 Å². The first kappa shape index (κ1) is 21.0. The predicted molar refractivity (Wildman–Crippen MR) is 115 cm³/mol. The van der Waals surface area contributed by atoms with Gasteiger partial charge in [0.25, 0.3) is 5.69 Å². The molecule has 10 heteroatoms. The van der Waals surface area contributed by atoms with Gasteiger partial charge in [-0.25, -0.2) is 0 Å². The van der Waals surface area contributed by atoms with Gasteiger partial charge in [-0.15, -0.1) is 0 Å². The maximum absolute atomic E-state index is 12.6. The summed E-state index contributed by atoms with van der Waals surface area (Å²) in [6.45, 7) is 4.47. The van der Waals surface area contributed by atoms with Gasteiger partial charge in [-0.1, -0.05) is 11.2 Å². The molecule has 1 saturated heterocycles. The van der Waals surface area contributed by atoms with Crippen LogP contribution < -0.4 is 4.90 Å². The lowest BCUT2D eigenvalue weighted by Gasteiger charge is -2.36. The fourth-order valence-corrected chi connectivity index (χ4v) is 3.83. The zero-order valence-corrected chi connectivity index (χ0v) is 17.6. The van der Waals surface area contributed by atoms with Crippen LogP contribution in [-0.4, -0.2) is 77.1 Å². The Balaban J connectivity index is 1.25. The minimum absolute atomic E-state index is 0.0709. The Morgan fingerprint density at radius 1 is 1.16 bits per heavy atom. The lowest BCUT2D eigenvalue weighted by Crippen LogP contribution is -2.48. The van der Waals surface area contributed by atoms with Gasteiger partial charge in [0, 0.05) is 69.9 Å². The minimum atomic E-state index is -0.405. The molecule has 0 spiro atoms. The van der Waals surface area contributed by atoms with Crippen molar-refractivity contribution >= 4 is 22.9 Å². The van der Waals surface area contributed by atoms with Crippen LogP contribution in [0, 0.1) is 10.1 Å². The number of carbonyl (C=O) groups is 1. The molecule has 1 aromatic heterocycles. The summed E-state index contributed by atoms with van der Waals surface area (Å²) >= 11 is 0. The first-order chi connectivity index (χ1) is 15.0. The second-order valence-electron chi connectivity index (χ2n) is 7.89. The largest absolute Gasteiger partial charge is 0.368 e. The molecule has 1 amide bonds. The van der Waals surface area contributed by atoms with Gasteiger partial charge in [0.2, 0.25) is 11.8 Å². The molecule has 164 valence electrons. The molecule has 31 heavy (non-hydrogen) atoms. The number of nitrogens with zero attached hydrogens (tertiary/aromatic N) is 6. The lowest BCUT2D eigenvalue weighted by molar-refractivity contribution is -0.384. The van der Waals surface area contributed by atoms with E-state index >= 15 is 0 Å². The maximum atomic E-state index is 12.6. The van der Waals surface area contributed by atoms with Crippen molar-refractivity contribution in [3.63, 3.8) is 0 Å². The van der Waals surface area contributed by atoms with Crippen molar-refractivity contribution in [3.8, 4) is 0 Å². The summed E-state index contributed by atoms with van der Waals surface area (Å²) in [6.07, 6.45) is 3.78. The third kappa shape index (κ3) is 5.08. The Kier molecular flexibility index (Phi) is 6.26. The Bertz CT molecular complexity index is 963. The highest BCUT2D eigenvalue weighted by Gasteiger charge is 2.22. The van der Waals surface area contributed by atoms with E-state index in [4.69, 9.17) is 4.52 Å². The number of hydrogen-bond acceptors (Lipinski definition) is 8. The molecule has 0 atom stereocenters. The summed E-state index contributed by atoms with van der Waals surface area (Å²) in [7, 11) is 2.08. The summed E-state index contributed by atoms with van der Waals surface area (Å²) in [4.78, 5) is 33.7. The molecule has 4 rings (SSSR count). The van der Waals surface area contributed by atoms with Gasteiger partial charge in [-0.05, 0) is 31.2 Å². The smallest absolute Gasteiger partial charge is 0.269 e. The zero-order chi connectivity index (χ0) is 21.8. The molecule has 0 radical (unpaired) electrons. The number of aryl methyl sites for hydroxylation is 1. The number of rotatable bonds is 6. The van der Waals surface area contributed by atoms with Gasteiger partial charge in [-0.2, -0.15) is 4.98 Å². The Morgan fingerprint density at radius 2 is 1.90 bits per heavy atom. The van der Waals surface area contributed by atoms with Crippen LogP contribution in [0.4, 0.5) is 11.4 Å². The number of nitro benzene ring substituents is 1. The van der Waals surface area contributed by atoms with Crippen molar-refractivity contribution in [2.45, 2.75) is 19.3 Å². The number of carbonyl (C=O) groups excluding carboxylic acids is 1. The monoisotopic (exact) mass is 426 g/mol. The van der Waals surface area contributed by atoms with Gasteiger partial charge in [0.15, 0.2) is 5.82 Å². The molecule has 0 aliphatic carbocycles. The van der Waals surface area contributed by atoms with E-state index in [-0.39, 0.29) is 11.6 Å². The number of nitro groups is 1. The van der Waals surface area contributed by atoms with E-state index in [1.165, 1.54) is 12.1 Å². The van der Waals surface area contributed by atoms with Crippen LogP contribution in [0.15, 0.2) is 34.9 Å². The number of hydrogen-bond donors (Lipinski definition) is 0. The molecule has 0 bridgehead atoms. The molecule has 0 N–H and O–H groups in total. The van der Waals surface area contributed by atoms with Crippen molar-refractivity contribution in [2.75, 3.05) is 51.2 Å². The Labute approximate surface area is 180 Å². The van der Waals surface area contributed by atoms with Crippen LogP contribution in [-0.2, 0) is 11.2 Å². The molecule has 0 saturated carbocycles. The summed E-state index contributed by atoms with van der Waals surface area (Å²) in [6, 6.07) is 6.52. The lowest BCUT2D eigenvalue weighted by atomic mass is 10.1. The summed E-state index contributed by atoms with van der Waals surface area (Å²) in [5, 5.41) is 14.9. The highest BCUT2D eigenvalue weighted by molar-refractivity contribution is 5.76. The van der Waals surface area contributed by atoms with E-state index in [0.29, 0.717) is 50.7 Å². The van der Waals surface area contributed by atoms with Crippen LogP contribution in [0.3, 0.4) is 0 Å². The van der Waals surface area contributed by atoms with E-state index in [9.17, 15) is 14.9 Å². The fraction of sp³-hybridized carbons (Fsp3) is 0.476. The van der Waals surface area contributed by atoms with Crippen LogP contribution in [0.2, 0.25) is 0 Å². The maximum Gasteiger partial charge on any atom is 0.269 e. The van der Waals surface area contributed by atoms with E-state index in [2.05, 4.69) is 33.1 Å². The second-order valence-corrected chi connectivity index (χ2v) is 7.89. The van der Waals surface area contributed by atoms with Gasteiger partial charge >= 0.3 is 0 Å². The van der Waals surface area contributed by atoms with Crippen molar-refractivity contribution in [1.82, 2.24) is 19.9 Å². The molecular weight excluding hydrogens is 400 g/mol. The number of non-ortho nitro benzene ring substituents is 1. The third-order valence-corrected chi connectivity index (χ3v) is 5.78. The molecule has 1 fully saturated rings. The van der Waals surface area contributed by atoms with Crippen LogP contribution in [0.5, 0.6) is 0 Å². The molecule has 3 heterocycles. The highest BCUT2D eigenvalue weighted by Crippen LogP contribution is 2.22. The van der Waals surface area contributed by atoms with Crippen molar-refractivity contribution < 1.29 is 14.2 Å². The standard InChI is InChI=1S/C21H26N6O4/c1-24-10-8-16(9-11-24)21-22-19(31-23-21)6-7-20(28)26-14-12-25(13-15-26)17-2-4-18(5-3-17)27(29)30/h2-5,8H,6-7,9-15H2,1H3. The van der Waals surface area contributed by atoms with Crippen molar-refractivity contribution in [3.05, 3.63) is 52.2 Å². The Morgan fingerprint density at radius 3 is 2.55 bits per heavy atom. The molecule has 1 aromatic carbocycles. The topological polar surface area (TPSA) is 109 Å². The predicted octanol–water partition coefficient (Wildman–Crippen LogP) is 1.98. The average Bonchev–Trinajstić information content (AvgIpc) is 3.27. The molecule has 2 aliphatic rings. The number of benzene rings is 1. The van der Waals surface area contributed by atoms with E-state index in [1.54, 1.807) is 12.1 Å². The van der Waals surface area contributed by atoms with E-state index < -0.39 is 4.92 Å². The first-order valence-electron chi connectivity index (χ1n) is 10.5. The first-order valence-corrected chi connectivity index (χ1v) is 10.5. The quantitative estimate of drug-likeness (QED) is 0.510. The number of amides is 1.